The second-order valence-electron chi connectivity index (χ2n) is 8.74. The lowest BCUT2D eigenvalue weighted by Crippen LogP contribution is -2.11. The summed E-state index contributed by atoms with van der Waals surface area (Å²) in [6, 6.07) is 23.3. The van der Waals surface area contributed by atoms with Crippen LogP contribution < -0.4 is 10.1 Å². The molecule has 0 aliphatic carbocycles. The number of aromatic hydroxyl groups is 1. The standard InChI is InChI=1S/C30H21N3O4/c1-33-17-20(16-25-28(35)27-23(34)11-6-12-24(27)37-25)26-22(13-14-31-29(26)33)18-7-5-8-19(15-18)30(36)32-21-9-3-2-4-10-21/h2-17,34H,1H3,(H,32,36). The quantitative estimate of drug-likeness (QED) is 0.312. The van der Waals surface area contributed by atoms with Gasteiger partial charge in [-0.2, -0.15) is 0 Å². The van der Waals surface area contributed by atoms with E-state index in [1.807, 2.05) is 72.4 Å². The van der Waals surface area contributed by atoms with E-state index in [1.165, 1.54) is 6.07 Å². The van der Waals surface area contributed by atoms with Crippen molar-refractivity contribution in [1.82, 2.24) is 9.55 Å². The number of carbonyl (C=O) groups excluding carboxylic acids is 2. The number of para-hydroxylation sites is 1. The van der Waals surface area contributed by atoms with Gasteiger partial charge in [-0.15, -0.1) is 0 Å². The molecule has 0 fully saturated rings. The number of carbonyl (C=O) groups is 2. The van der Waals surface area contributed by atoms with Crippen LogP contribution >= 0.6 is 0 Å². The summed E-state index contributed by atoms with van der Waals surface area (Å²) in [5.74, 6) is -0.259. The number of nitrogens with one attached hydrogen (secondary N) is 1. The number of pyridine rings is 1. The molecular formula is C30H21N3O4. The van der Waals surface area contributed by atoms with Gasteiger partial charge in [0.1, 0.15) is 22.7 Å². The summed E-state index contributed by atoms with van der Waals surface area (Å²) in [7, 11) is 1.88. The average molecular weight is 488 g/mol. The van der Waals surface area contributed by atoms with Gasteiger partial charge in [-0.3, -0.25) is 9.59 Å². The minimum absolute atomic E-state index is 0.114. The zero-order valence-corrected chi connectivity index (χ0v) is 19.8. The first-order valence-corrected chi connectivity index (χ1v) is 11.7. The third-order valence-electron chi connectivity index (χ3n) is 6.32. The van der Waals surface area contributed by atoms with Crippen LogP contribution in [0.4, 0.5) is 5.69 Å². The predicted octanol–water partition coefficient (Wildman–Crippen LogP) is 5.81. The summed E-state index contributed by atoms with van der Waals surface area (Å²) in [5, 5.41) is 13.9. The number of ketones is 1. The van der Waals surface area contributed by atoms with E-state index in [0.29, 0.717) is 17.0 Å². The number of aromatic nitrogens is 2. The molecule has 0 radical (unpaired) electrons. The van der Waals surface area contributed by atoms with Gasteiger partial charge in [0.25, 0.3) is 5.91 Å². The number of ether oxygens (including phenoxy) is 1. The predicted molar refractivity (Wildman–Crippen MR) is 142 cm³/mol. The first-order valence-electron chi connectivity index (χ1n) is 11.7. The Morgan fingerprint density at radius 1 is 1.03 bits per heavy atom. The fourth-order valence-corrected chi connectivity index (χ4v) is 4.60. The molecule has 0 spiro atoms. The summed E-state index contributed by atoms with van der Waals surface area (Å²) in [6.07, 6.45) is 5.26. The molecule has 5 aromatic rings. The summed E-state index contributed by atoms with van der Waals surface area (Å²) >= 11 is 0. The second-order valence-corrected chi connectivity index (χ2v) is 8.74. The molecule has 6 rings (SSSR count). The van der Waals surface area contributed by atoms with Crippen LogP contribution in [-0.4, -0.2) is 26.3 Å². The third kappa shape index (κ3) is 3.92. The highest BCUT2D eigenvalue weighted by Gasteiger charge is 2.30. The van der Waals surface area contributed by atoms with Crippen molar-refractivity contribution < 1.29 is 19.4 Å². The van der Waals surface area contributed by atoms with E-state index in [9.17, 15) is 14.7 Å². The number of rotatable bonds is 4. The first kappa shape index (κ1) is 22.3. The molecule has 180 valence electrons. The highest BCUT2D eigenvalue weighted by Crippen LogP contribution is 2.39. The van der Waals surface area contributed by atoms with Crippen LogP contribution in [0.3, 0.4) is 0 Å². The van der Waals surface area contributed by atoms with Crippen molar-refractivity contribution in [2.75, 3.05) is 5.32 Å². The number of phenolic OH excluding ortho intramolecular Hbond substituents is 1. The SMILES string of the molecule is Cn1cc(C=C2Oc3cccc(O)c3C2=O)c2c(-c3cccc(C(=O)Nc4ccccc4)c3)ccnc21. The monoisotopic (exact) mass is 487 g/mol. The first-order chi connectivity index (χ1) is 18.0. The maximum Gasteiger partial charge on any atom is 0.255 e. The lowest BCUT2D eigenvalue weighted by Gasteiger charge is -2.09. The third-order valence-corrected chi connectivity index (χ3v) is 6.32. The normalized spacial score (nSPS) is 13.5. The van der Waals surface area contributed by atoms with Gasteiger partial charge in [-0.25, -0.2) is 4.98 Å². The van der Waals surface area contributed by atoms with E-state index < -0.39 is 0 Å². The Labute approximate surface area is 212 Å². The molecule has 0 atom stereocenters. The maximum absolute atomic E-state index is 13.0. The number of phenols is 1. The molecule has 1 amide bonds. The Kier molecular flexibility index (Phi) is 5.31. The Hall–Kier alpha value is -5.17. The van der Waals surface area contributed by atoms with E-state index >= 15 is 0 Å². The van der Waals surface area contributed by atoms with Gasteiger partial charge in [0.15, 0.2) is 5.76 Å². The van der Waals surface area contributed by atoms with Crippen molar-refractivity contribution in [2.45, 2.75) is 0 Å². The minimum Gasteiger partial charge on any atom is -0.507 e. The van der Waals surface area contributed by atoms with E-state index in [2.05, 4.69) is 10.3 Å². The molecule has 2 aromatic heterocycles. The number of fused-ring (bicyclic) bond motifs is 2. The molecule has 0 saturated carbocycles. The number of amides is 1. The molecule has 3 aromatic carbocycles. The van der Waals surface area contributed by atoms with Crippen molar-refractivity contribution in [3.8, 4) is 22.6 Å². The Morgan fingerprint density at radius 3 is 2.65 bits per heavy atom. The maximum atomic E-state index is 13.0. The van der Waals surface area contributed by atoms with Gasteiger partial charge < -0.3 is 19.7 Å². The van der Waals surface area contributed by atoms with Crippen LogP contribution in [0.15, 0.2) is 97.0 Å². The highest BCUT2D eigenvalue weighted by molar-refractivity contribution is 6.17. The van der Waals surface area contributed by atoms with Gasteiger partial charge in [0.2, 0.25) is 5.78 Å². The van der Waals surface area contributed by atoms with Gasteiger partial charge >= 0.3 is 0 Å². The number of benzene rings is 3. The van der Waals surface area contributed by atoms with Crippen LogP contribution in [0.25, 0.3) is 28.2 Å². The van der Waals surface area contributed by atoms with Crippen LogP contribution in [0.1, 0.15) is 26.3 Å². The highest BCUT2D eigenvalue weighted by atomic mass is 16.5. The number of allylic oxidation sites excluding steroid dienone is 1. The lowest BCUT2D eigenvalue weighted by molar-refractivity contribution is 0.101. The van der Waals surface area contributed by atoms with E-state index in [1.54, 1.807) is 30.5 Å². The Balaban J connectivity index is 1.42. The number of aryl methyl sites for hydroxylation is 1. The van der Waals surface area contributed by atoms with E-state index in [4.69, 9.17) is 4.74 Å². The number of Topliss-reactive ketones (excluding diaryl/α,β-unsaturated/α-hetero) is 1. The fourth-order valence-electron chi connectivity index (χ4n) is 4.60. The zero-order chi connectivity index (χ0) is 25.5. The average Bonchev–Trinajstić information content (AvgIpc) is 3.41. The molecular weight excluding hydrogens is 466 g/mol. The smallest absolute Gasteiger partial charge is 0.255 e. The van der Waals surface area contributed by atoms with Gasteiger partial charge in [-0.1, -0.05) is 36.4 Å². The van der Waals surface area contributed by atoms with Gasteiger partial charge in [0, 0.05) is 41.6 Å². The molecule has 7 heteroatoms. The van der Waals surface area contributed by atoms with Crippen LogP contribution in [0.5, 0.6) is 11.5 Å². The number of hydrogen-bond donors (Lipinski definition) is 2. The van der Waals surface area contributed by atoms with Crippen molar-refractivity contribution in [3.05, 3.63) is 114 Å². The number of nitrogens with zero attached hydrogens (tertiary/aromatic N) is 2. The Bertz CT molecular complexity index is 1740. The van der Waals surface area contributed by atoms with Gasteiger partial charge in [0.05, 0.1) is 0 Å². The topological polar surface area (TPSA) is 93.5 Å². The number of anilines is 1. The zero-order valence-electron chi connectivity index (χ0n) is 19.8. The molecule has 7 nitrogen and oxygen atoms in total. The number of hydrogen-bond acceptors (Lipinski definition) is 5. The van der Waals surface area contributed by atoms with Crippen molar-refractivity contribution >= 4 is 34.5 Å². The largest absolute Gasteiger partial charge is 0.507 e. The van der Waals surface area contributed by atoms with Gasteiger partial charge in [-0.05, 0) is 59.7 Å². The van der Waals surface area contributed by atoms with Crippen LogP contribution in [0.2, 0.25) is 0 Å². The van der Waals surface area contributed by atoms with Crippen molar-refractivity contribution in [3.63, 3.8) is 0 Å². The van der Waals surface area contributed by atoms with Crippen LogP contribution in [-0.2, 0) is 7.05 Å². The molecule has 37 heavy (non-hydrogen) atoms. The Morgan fingerprint density at radius 2 is 1.84 bits per heavy atom. The molecule has 1 aliphatic heterocycles. The summed E-state index contributed by atoms with van der Waals surface area (Å²) in [6.45, 7) is 0. The van der Waals surface area contributed by atoms with Crippen molar-refractivity contribution in [2.24, 2.45) is 7.05 Å². The summed E-state index contributed by atoms with van der Waals surface area (Å²) in [5.41, 5.74) is 4.53. The van der Waals surface area contributed by atoms with E-state index in [0.717, 1.165) is 27.8 Å². The fraction of sp³-hybridized carbons (Fsp3) is 0.0333. The molecule has 0 bridgehead atoms. The van der Waals surface area contributed by atoms with Crippen molar-refractivity contribution in [1.29, 1.82) is 0 Å². The van der Waals surface area contributed by atoms with E-state index in [-0.39, 0.29) is 28.8 Å². The molecule has 1 aliphatic rings. The molecule has 0 unspecified atom stereocenters. The van der Waals surface area contributed by atoms with Crippen LogP contribution in [0, 0.1) is 0 Å². The molecule has 0 saturated heterocycles. The lowest BCUT2D eigenvalue weighted by atomic mass is 9.98. The summed E-state index contributed by atoms with van der Waals surface area (Å²) < 4.78 is 7.66. The molecule has 2 N–H and O–H groups in total. The second kappa shape index (κ2) is 8.80. The minimum atomic E-state index is -0.380. The summed E-state index contributed by atoms with van der Waals surface area (Å²) in [4.78, 5) is 30.4. The molecule has 3 heterocycles.